The van der Waals surface area contributed by atoms with Crippen LogP contribution in [0.3, 0.4) is 0 Å². The number of amides is 2. The van der Waals surface area contributed by atoms with Crippen molar-refractivity contribution in [2.45, 2.75) is 60.2 Å². The summed E-state index contributed by atoms with van der Waals surface area (Å²) in [5, 5.41) is 13.9. The molecule has 0 unspecified atom stereocenters. The number of halogens is 5. The van der Waals surface area contributed by atoms with E-state index in [9.17, 15) is 9.59 Å². The molecule has 0 radical (unpaired) electrons. The fraction of sp³-hybridized carbons (Fsp3) is 0.375. The summed E-state index contributed by atoms with van der Waals surface area (Å²) in [4.78, 5) is 42.0. The Morgan fingerprint density at radius 2 is 1.16 bits per heavy atom. The lowest BCUT2D eigenvalue weighted by Gasteiger charge is -2.41. The first-order valence-electron chi connectivity index (χ1n) is 21.7. The summed E-state index contributed by atoms with van der Waals surface area (Å²) in [7, 11) is 3.21. The lowest BCUT2D eigenvalue weighted by atomic mass is 10.1. The summed E-state index contributed by atoms with van der Waals surface area (Å²) in [5.41, 5.74) is 8.36. The zero-order valence-corrected chi connectivity index (χ0v) is 42.6. The van der Waals surface area contributed by atoms with Crippen LogP contribution in [0.2, 0.25) is 20.1 Å². The van der Waals surface area contributed by atoms with Crippen LogP contribution in [-0.2, 0) is 16.1 Å². The zero-order chi connectivity index (χ0) is 48.5. The van der Waals surface area contributed by atoms with Crippen molar-refractivity contribution in [3.63, 3.8) is 0 Å². The molecule has 4 aromatic heterocycles. The van der Waals surface area contributed by atoms with Crippen LogP contribution in [0.4, 0.5) is 11.4 Å². The molecule has 0 bridgehead atoms. The van der Waals surface area contributed by atoms with E-state index in [1.165, 1.54) is 0 Å². The third-order valence-corrected chi connectivity index (χ3v) is 13.3. The SMILES string of the molecule is COc1cc(N2CCN(C(=O)CCl)[C@@H](C)C2)ccc1Cl.COc1cc(N2CCN(C(=O)Cn3nc(-c4cccc(C)n4)c(Cl)c3C)[C@@H](C)C2)ccc1Cl.Cc1cccc(-c2n[nH]c(C)c2Cl)n1. The van der Waals surface area contributed by atoms with Crippen LogP contribution >= 0.6 is 58.0 Å². The molecule has 2 aromatic carbocycles. The van der Waals surface area contributed by atoms with Crippen LogP contribution in [-0.4, -0.2) is 123 Å². The first kappa shape index (κ1) is 51.1. The highest BCUT2D eigenvalue weighted by molar-refractivity contribution is 6.34. The number of nitrogens with zero attached hydrogens (tertiary/aromatic N) is 9. The Labute approximate surface area is 417 Å². The standard InChI is InChI=1S/C24H27Cl2N5O2.C14H18Cl2N2O2.C10H10ClN3/c1-15-6-5-7-20(27-15)24-23(26)17(3)31(28-24)14-22(32)30-11-10-29(13-16(30)2)18-8-9-19(25)21(12-18)33-4;1-10-9-17(5-6-18(10)14(19)8-15)11-3-4-12(16)13(7-11)20-2;1-6-4-3-5-8(12-6)10-9(11)7(2)13-14-10/h5-9,12,16H,10-11,13-14H2,1-4H3;3-4,7,10H,5-6,8-9H2,1-2H3;3-5H,1-2H3,(H,13,14)/t16-;10-;/m00./s1. The monoisotopic (exact) mass is 1010 g/mol. The number of rotatable bonds is 9. The molecule has 0 aliphatic carbocycles. The molecule has 2 aliphatic rings. The van der Waals surface area contributed by atoms with Crippen molar-refractivity contribution in [3.05, 3.63) is 116 Å². The molecule has 8 rings (SSSR count). The van der Waals surface area contributed by atoms with Gasteiger partial charge in [-0.05, 0) is 90.1 Å². The van der Waals surface area contributed by atoms with E-state index in [1.54, 1.807) is 18.9 Å². The number of H-pyrrole nitrogens is 1. The predicted molar refractivity (Wildman–Crippen MR) is 270 cm³/mol. The molecule has 2 atom stereocenters. The Balaban J connectivity index is 0.000000184. The number of nitrogens with one attached hydrogen (secondary N) is 1. The maximum absolute atomic E-state index is 13.2. The highest BCUT2D eigenvalue weighted by atomic mass is 35.5. The minimum absolute atomic E-state index is 0.00694. The topological polar surface area (TPSA) is 138 Å². The lowest BCUT2D eigenvalue weighted by molar-refractivity contribution is -0.134. The van der Waals surface area contributed by atoms with Gasteiger partial charge in [0.25, 0.3) is 0 Å². The van der Waals surface area contributed by atoms with Crippen molar-refractivity contribution < 1.29 is 19.1 Å². The van der Waals surface area contributed by atoms with E-state index in [4.69, 9.17) is 67.5 Å². The van der Waals surface area contributed by atoms with Crippen LogP contribution in [0.15, 0.2) is 72.8 Å². The Hall–Kier alpha value is -5.25. The predicted octanol–water partition coefficient (Wildman–Crippen LogP) is 9.98. The van der Waals surface area contributed by atoms with Gasteiger partial charge in [0.15, 0.2) is 0 Å². The van der Waals surface area contributed by atoms with Gasteiger partial charge in [-0.2, -0.15) is 10.2 Å². The molecule has 1 N–H and O–H groups in total. The van der Waals surface area contributed by atoms with Gasteiger partial charge in [-0.15, -0.1) is 11.6 Å². The Kier molecular flexibility index (Phi) is 17.7. The second-order valence-corrected chi connectivity index (χ2v) is 18.1. The fourth-order valence-electron chi connectivity index (χ4n) is 7.89. The number of hydrogen-bond donors (Lipinski definition) is 1. The largest absolute Gasteiger partial charge is 0.495 e. The average molecular weight is 1010 g/mol. The molecule has 67 heavy (non-hydrogen) atoms. The third-order valence-electron chi connectivity index (χ3n) is 11.6. The maximum atomic E-state index is 13.2. The molecule has 0 saturated carbocycles. The Morgan fingerprint density at radius 3 is 1.60 bits per heavy atom. The quantitative estimate of drug-likeness (QED) is 0.139. The molecule has 2 aliphatic heterocycles. The summed E-state index contributed by atoms with van der Waals surface area (Å²) in [5.74, 6) is 1.36. The van der Waals surface area contributed by atoms with Crippen LogP contribution in [0, 0.1) is 27.7 Å². The number of carbonyl (C=O) groups excluding carboxylic acids is 2. The minimum atomic E-state index is -0.00694. The molecule has 2 saturated heterocycles. The molecule has 14 nitrogen and oxygen atoms in total. The van der Waals surface area contributed by atoms with Gasteiger partial charge >= 0.3 is 0 Å². The molecule has 356 valence electrons. The first-order chi connectivity index (χ1) is 32.0. The number of aromatic amines is 1. The van der Waals surface area contributed by atoms with Crippen molar-refractivity contribution in [3.8, 4) is 34.3 Å². The summed E-state index contributed by atoms with van der Waals surface area (Å²) >= 11 is 30.4. The van der Waals surface area contributed by atoms with Gasteiger partial charge in [-0.1, -0.05) is 58.5 Å². The van der Waals surface area contributed by atoms with E-state index in [-0.39, 0.29) is 36.3 Å². The number of aromatic nitrogens is 6. The van der Waals surface area contributed by atoms with Gasteiger partial charge in [0, 0.05) is 86.2 Å². The second-order valence-electron chi connectivity index (χ2n) is 16.3. The van der Waals surface area contributed by atoms with Crippen LogP contribution in [0.25, 0.3) is 22.8 Å². The van der Waals surface area contributed by atoms with E-state index in [1.807, 2.05) is 117 Å². The summed E-state index contributed by atoms with van der Waals surface area (Å²) in [6, 6.07) is 23.1. The number of aryl methyl sites for hydroxylation is 3. The van der Waals surface area contributed by atoms with Crippen LogP contribution < -0.4 is 19.3 Å². The van der Waals surface area contributed by atoms with Crippen molar-refractivity contribution >= 4 is 81.2 Å². The smallest absolute Gasteiger partial charge is 0.244 e. The van der Waals surface area contributed by atoms with Crippen LogP contribution in [0.5, 0.6) is 11.5 Å². The van der Waals surface area contributed by atoms with Gasteiger partial charge < -0.3 is 29.1 Å². The molecule has 6 aromatic rings. The molecular formula is C48H55Cl5N10O4. The zero-order valence-electron chi connectivity index (χ0n) is 38.8. The number of methoxy groups -OCH3 is 2. The number of ether oxygens (including phenoxy) is 2. The average Bonchev–Trinajstić information content (AvgIpc) is 3.80. The van der Waals surface area contributed by atoms with E-state index in [2.05, 4.69) is 42.0 Å². The molecule has 2 fully saturated rings. The first-order valence-corrected chi connectivity index (χ1v) is 23.7. The third kappa shape index (κ3) is 12.5. The van der Waals surface area contributed by atoms with Gasteiger partial charge in [0.05, 0.1) is 57.1 Å². The molecule has 2 amide bonds. The van der Waals surface area contributed by atoms with E-state index in [0.29, 0.717) is 68.3 Å². The van der Waals surface area contributed by atoms with E-state index in [0.717, 1.165) is 59.5 Å². The van der Waals surface area contributed by atoms with Crippen LogP contribution in [0.1, 0.15) is 36.6 Å². The fourth-order valence-corrected chi connectivity index (χ4v) is 8.84. The molecule has 19 heteroatoms. The van der Waals surface area contributed by atoms with Gasteiger partial charge in [0.2, 0.25) is 11.8 Å². The lowest BCUT2D eigenvalue weighted by Crippen LogP contribution is -2.54. The number of alkyl halides is 1. The molecular weight excluding hydrogens is 958 g/mol. The Morgan fingerprint density at radius 1 is 0.672 bits per heavy atom. The summed E-state index contributed by atoms with van der Waals surface area (Å²) < 4.78 is 12.3. The van der Waals surface area contributed by atoms with Gasteiger partial charge in [-0.3, -0.25) is 29.3 Å². The molecule has 6 heterocycles. The second kappa shape index (κ2) is 23.2. The number of pyridine rings is 2. The van der Waals surface area contributed by atoms with Crippen molar-refractivity contribution in [2.24, 2.45) is 0 Å². The van der Waals surface area contributed by atoms with Crippen molar-refractivity contribution in [1.29, 1.82) is 0 Å². The van der Waals surface area contributed by atoms with E-state index >= 15 is 0 Å². The highest BCUT2D eigenvalue weighted by Crippen LogP contribution is 2.33. The van der Waals surface area contributed by atoms with Gasteiger partial charge in [0.1, 0.15) is 35.3 Å². The van der Waals surface area contributed by atoms with Crippen molar-refractivity contribution in [2.75, 3.05) is 69.2 Å². The maximum Gasteiger partial charge on any atom is 0.244 e. The minimum Gasteiger partial charge on any atom is -0.495 e. The number of hydrogen-bond acceptors (Lipinski definition) is 10. The van der Waals surface area contributed by atoms with Gasteiger partial charge in [-0.25, -0.2) is 0 Å². The number of carbonyl (C=O) groups is 2. The number of anilines is 2. The highest BCUT2D eigenvalue weighted by Gasteiger charge is 2.30. The number of piperazine rings is 2. The normalized spacial score (nSPS) is 15.9. The summed E-state index contributed by atoms with van der Waals surface area (Å²) in [6.07, 6.45) is 0. The number of benzene rings is 2. The van der Waals surface area contributed by atoms with E-state index < -0.39 is 0 Å². The molecule has 0 spiro atoms. The summed E-state index contributed by atoms with van der Waals surface area (Å²) in [6.45, 7) is 16.1. The van der Waals surface area contributed by atoms with Crippen molar-refractivity contribution in [1.82, 2.24) is 39.7 Å². The Bertz CT molecular complexity index is 2680.